The Hall–Kier alpha value is -1.76. The first-order valence-electron chi connectivity index (χ1n) is 6.94. The van der Waals surface area contributed by atoms with Crippen LogP contribution in [0.25, 0.3) is 0 Å². The third kappa shape index (κ3) is 2.07. The average molecular weight is 297 g/mol. The minimum Gasteiger partial charge on any atom is -0.361 e. The van der Waals surface area contributed by atoms with E-state index in [1.165, 1.54) is 0 Å². The smallest absolute Gasteiger partial charge is 0.275 e. The number of benzene rings is 1. The minimum absolute atomic E-state index is 0.153. The Balaban J connectivity index is 2.03. The lowest BCUT2D eigenvalue weighted by Crippen LogP contribution is -2.45. The lowest BCUT2D eigenvalue weighted by molar-refractivity contribution is -0.385. The fraction of sp³-hybridized carbons (Fsp3) is 0.571. The number of rotatable bonds is 2. The van der Waals surface area contributed by atoms with Gasteiger partial charge in [-0.3, -0.25) is 10.1 Å². The molecule has 0 radical (unpaired) electrons. The van der Waals surface area contributed by atoms with E-state index in [9.17, 15) is 18.9 Å². The summed E-state index contributed by atoms with van der Waals surface area (Å²) < 4.78 is 28.5. The molecule has 7 heteroatoms. The average Bonchev–Trinajstić information content (AvgIpc) is 2.92. The van der Waals surface area contributed by atoms with Gasteiger partial charge in [0, 0.05) is 25.2 Å². The van der Waals surface area contributed by atoms with Crippen LogP contribution in [0, 0.1) is 33.6 Å². The quantitative estimate of drug-likeness (QED) is 0.672. The van der Waals surface area contributed by atoms with Crippen molar-refractivity contribution in [2.24, 2.45) is 11.8 Å². The number of non-ortho nitro benzene ring substituents is 1. The van der Waals surface area contributed by atoms with E-state index in [-0.39, 0.29) is 5.69 Å². The van der Waals surface area contributed by atoms with Gasteiger partial charge in [0.15, 0.2) is 11.6 Å². The second kappa shape index (κ2) is 4.62. The fourth-order valence-corrected chi connectivity index (χ4v) is 3.72. The molecule has 2 atom stereocenters. The number of nitrogens with one attached hydrogen (secondary N) is 1. The van der Waals surface area contributed by atoms with Crippen molar-refractivity contribution >= 4 is 11.4 Å². The molecule has 0 aliphatic carbocycles. The van der Waals surface area contributed by atoms with Gasteiger partial charge in [-0.25, -0.2) is 8.78 Å². The molecule has 114 valence electrons. The normalized spacial score (nSPS) is 27.0. The zero-order valence-electron chi connectivity index (χ0n) is 11.9. The Bertz CT molecular complexity index is 583. The van der Waals surface area contributed by atoms with Crippen LogP contribution in [-0.2, 0) is 0 Å². The number of hydrogen-bond donors (Lipinski definition) is 1. The van der Waals surface area contributed by atoms with Crippen LogP contribution in [0.5, 0.6) is 0 Å². The summed E-state index contributed by atoms with van der Waals surface area (Å²) in [4.78, 5) is 11.6. The Morgan fingerprint density at radius 3 is 2.48 bits per heavy atom. The molecular weight excluding hydrogens is 280 g/mol. The van der Waals surface area contributed by atoms with E-state index in [0.717, 1.165) is 25.2 Å². The van der Waals surface area contributed by atoms with Crippen LogP contribution in [-0.4, -0.2) is 30.1 Å². The second-order valence-electron chi connectivity index (χ2n) is 6.30. The molecule has 2 heterocycles. The lowest BCUT2D eigenvalue weighted by atomic mass is 9.84. The Morgan fingerprint density at radius 2 is 1.95 bits per heavy atom. The zero-order valence-corrected chi connectivity index (χ0v) is 11.9. The van der Waals surface area contributed by atoms with E-state index < -0.39 is 27.8 Å². The van der Waals surface area contributed by atoms with Crippen molar-refractivity contribution in [2.45, 2.75) is 19.4 Å². The molecule has 0 spiro atoms. The summed E-state index contributed by atoms with van der Waals surface area (Å²) in [5.74, 6) is -1.09. The summed E-state index contributed by atoms with van der Waals surface area (Å²) in [6.45, 7) is 6.14. The molecule has 2 saturated heterocycles. The third-order valence-corrected chi connectivity index (χ3v) is 4.84. The molecule has 0 amide bonds. The lowest BCUT2D eigenvalue weighted by Gasteiger charge is -2.37. The van der Waals surface area contributed by atoms with Gasteiger partial charge >= 0.3 is 0 Å². The highest BCUT2D eigenvalue weighted by Crippen LogP contribution is 2.45. The number of nitro groups is 1. The van der Waals surface area contributed by atoms with Gasteiger partial charge in [-0.05, 0) is 25.7 Å². The molecule has 3 rings (SSSR count). The molecule has 0 bridgehead atoms. The van der Waals surface area contributed by atoms with Crippen LogP contribution in [0.4, 0.5) is 20.2 Å². The summed E-state index contributed by atoms with van der Waals surface area (Å²) in [6.07, 6.45) is 0. The molecule has 5 nitrogen and oxygen atoms in total. The summed E-state index contributed by atoms with van der Waals surface area (Å²) in [5, 5.41) is 14.0. The summed E-state index contributed by atoms with van der Waals surface area (Å²) in [7, 11) is 0. The largest absolute Gasteiger partial charge is 0.361 e. The van der Waals surface area contributed by atoms with Gasteiger partial charge in [0.1, 0.15) is 5.69 Å². The van der Waals surface area contributed by atoms with Crippen molar-refractivity contribution in [3.05, 3.63) is 33.9 Å². The number of fused-ring (bicyclic) bond motifs is 1. The van der Waals surface area contributed by atoms with E-state index in [1.807, 2.05) is 13.8 Å². The fourth-order valence-electron chi connectivity index (χ4n) is 3.72. The van der Waals surface area contributed by atoms with E-state index in [1.54, 1.807) is 4.90 Å². The van der Waals surface area contributed by atoms with Crippen LogP contribution in [0.2, 0.25) is 0 Å². The Morgan fingerprint density at radius 1 is 1.33 bits per heavy atom. The van der Waals surface area contributed by atoms with Crippen molar-refractivity contribution < 1.29 is 13.7 Å². The van der Waals surface area contributed by atoms with Crippen molar-refractivity contribution in [3.8, 4) is 0 Å². The highest BCUT2D eigenvalue weighted by atomic mass is 19.1. The molecule has 0 saturated carbocycles. The summed E-state index contributed by atoms with van der Waals surface area (Å²) in [5.41, 5.74) is -1.11. The van der Waals surface area contributed by atoms with Crippen LogP contribution in [0.15, 0.2) is 12.1 Å². The number of nitrogens with zero attached hydrogens (tertiary/aromatic N) is 2. The third-order valence-electron chi connectivity index (χ3n) is 4.84. The maximum atomic E-state index is 14.2. The van der Waals surface area contributed by atoms with Gasteiger partial charge in [0.25, 0.3) is 5.69 Å². The maximum absolute atomic E-state index is 14.2. The molecule has 2 fully saturated rings. The van der Waals surface area contributed by atoms with Crippen LogP contribution in [0.1, 0.15) is 13.8 Å². The van der Waals surface area contributed by atoms with Crippen molar-refractivity contribution in [3.63, 3.8) is 0 Å². The summed E-state index contributed by atoms with van der Waals surface area (Å²) in [6, 6.07) is 1.59. The van der Waals surface area contributed by atoms with E-state index in [0.29, 0.717) is 18.4 Å². The highest BCUT2D eigenvalue weighted by Gasteiger charge is 2.50. The first kappa shape index (κ1) is 14.2. The number of hydrogen-bond acceptors (Lipinski definition) is 4. The van der Waals surface area contributed by atoms with Crippen LogP contribution in [0.3, 0.4) is 0 Å². The first-order valence-corrected chi connectivity index (χ1v) is 6.94. The summed E-state index contributed by atoms with van der Waals surface area (Å²) >= 11 is 0. The Kier molecular flexibility index (Phi) is 3.12. The predicted molar refractivity (Wildman–Crippen MR) is 74.3 cm³/mol. The van der Waals surface area contributed by atoms with Gasteiger partial charge in [0.2, 0.25) is 0 Å². The van der Waals surface area contributed by atoms with E-state index in [2.05, 4.69) is 5.32 Å². The molecule has 0 aromatic heterocycles. The minimum atomic E-state index is -0.872. The second-order valence-corrected chi connectivity index (χ2v) is 6.30. The monoisotopic (exact) mass is 297 g/mol. The Labute approximate surface area is 121 Å². The maximum Gasteiger partial charge on any atom is 0.275 e. The van der Waals surface area contributed by atoms with Crippen LogP contribution >= 0.6 is 0 Å². The molecule has 1 aromatic rings. The van der Waals surface area contributed by atoms with Gasteiger partial charge in [-0.2, -0.15) is 0 Å². The van der Waals surface area contributed by atoms with Gasteiger partial charge < -0.3 is 10.2 Å². The molecule has 1 N–H and O–H groups in total. The molecule has 2 aliphatic rings. The van der Waals surface area contributed by atoms with Crippen molar-refractivity contribution in [1.29, 1.82) is 0 Å². The molecule has 21 heavy (non-hydrogen) atoms. The number of halogens is 2. The molecule has 2 aliphatic heterocycles. The van der Waals surface area contributed by atoms with Gasteiger partial charge in [-0.15, -0.1) is 0 Å². The van der Waals surface area contributed by atoms with Gasteiger partial charge in [0.05, 0.1) is 17.1 Å². The molecule has 2 unspecified atom stereocenters. The van der Waals surface area contributed by atoms with E-state index in [4.69, 9.17) is 0 Å². The van der Waals surface area contributed by atoms with E-state index >= 15 is 0 Å². The van der Waals surface area contributed by atoms with Gasteiger partial charge in [-0.1, -0.05) is 0 Å². The van der Waals surface area contributed by atoms with Crippen molar-refractivity contribution in [1.82, 2.24) is 5.32 Å². The first-order chi connectivity index (χ1) is 9.82. The topological polar surface area (TPSA) is 58.4 Å². The number of anilines is 1. The molecular formula is C14H17F2N3O2. The molecule has 1 aromatic carbocycles. The van der Waals surface area contributed by atoms with Crippen molar-refractivity contribution in [2.75, 3.05) is 24.5 Å². The standard InChI is InChI=1S/C14H17F2N3O2/c1-14(2)10-6-17-5-8(10)7-18(14)13-11(15)3-9(19(20)21)4-12(13)16/h3-4,8,10,17H,5-7H2,1-2H3. The zero-order chi connectivity index (χ0) is 15.4. The predicted octanol–water partition coefficient (Wildman–Crippen LogP) is 2.31. The SMILES string of the molecule is CC1(C)C2CNCC2CN1c1c(F)cc([N+](=O)[O-])cc1F. The highest BCUT2D eigenvalue weighted by molar-refractivity contribution is 5.57. The number of nitro benzene ring substituents is 1. The van der Waals surface area contributed by atoms with Crippen LogP contribution < -0.4 is 10.2 Å².